The highest BCUT2D eigenvalue weighted by Gasteiger charge is 2.14. The Bertz CT molecular complexity index is 575. The van der Waals surface area contributed by atoms with Crippen LogP contribution in [0.3, 0.4) is 0 Å². The van der Waals surface area contributed by atoms with Gasteiger partial charge in [-0.05, 0) is 19.1 Å². The molecule has 0 fully saturated rings. The number of imidazole rings is 1. The van der Waals surface area contributed by atoms with E-state index in [-0.39, 0.29) is 18.3 Å². The first-order valence-electron chi connectivity index (χ1n) is 6.00. The van der Waals surface area contributed by atoms with Crippen LogP contribution < -0.4 is 0 Å². The predicted octanol–water partition coefficient (Wildman–Crippen LogP) is 1.87. The third kappa shape index (κ3) is 2.16. The third-order valence-electron chi connectivity index (χ3n) is 2.75. The minimum Gasteiger partial charge on any atom is -0.506 e. The van der Waals surface area contributed by atoms with Crippen LogP contribution in [-0.2, 0) is 22.5 Å². The van der Waals surface area contributed by atoms with E-state index >= 15 is 0 Å². The molecule has 0 atom stereocenters. The lowest BCUT2D eigenvalue weighted by molar-refractivity contribution is -0.143. The van der Waals surface area contributed by atoms with Crippen molar-refractivity contribution in [1.82, 2.24) is 9.55 Å². The molecule has 0 amide bonds. The van der Waals surface area contributed by atoms with Gasteiger partial charge in [-0.3, -0.25) is 4.79 Å². The van der Waals surface area contributed by atoms with Gasteiger partial charge in [-0.2, -0.15) is 0 Å². The van der Waals surface area contributed by atoms with Crippen LogP contribution in [0.25, 0.3) is 11.0 Å². The number of benzene rings is 1. The second-order valence-electron chi connectivity index (χ2n) is 3.92. The zero-order chi connectivity index (χ0) is 13.1. The summed E-state index contributed by atoms with van der Waals surface area (Å²) in [6.07, 6.45) is 0.688. The lowest BCUT2D eigenvalue weighted by Gasteiger charge is -2.07. The molecule has 1 aromatic carbocycles. The molecule has 0 aliphatic heterocycles. The van der Waals surface area contributed by atoms with Gasteiger partial charge in [0.15, 0.2) is 0 Å². The average Bonchev–Trinajstić information content (AvgIpc) is 2.69. The number of rotatable bonds is 4. The van der Waals surface area contributed by atoms with E-state index in [1.807, 2.05) is 13.0 Å². The van der Waals surface area contributed by atoms with Gasteiger partial charge in [-0.15, -0.1) is 0 Å². The van der Waals surface area contributed by atoms with Crippen molar-refractivity contribution in [2.45, 2.75) is 26.8 Å². The first kappa shape index (κ1) is 12.4. The summed E-state index contributed by atoms with van der Waals surface area (Å²) in [7, 11) is 0. The molecule has 0 saturated carbocycles. The zero-order valence-electron chi connectivity index (χ0n) is 10.5. The van der Waals surface area contributed by atoms with Crippen LogP contribution in [0.15, 0.2) is 18.2 Å². The Kier molecular flexibility index (Phi) is 3.50. The summed E-state index contributed by atoms with van der Waals surface area (Å²) in [4.78, 5) is 15.9. The van der Waals surface area contributed by atoms with E-state index in [9.17, 15) is 9.90 Å². The van der Waals surface area contributed by atoms with E-state index in [1.165, 1.54) is 0 Å². The minimum absolute atomic E-state index is 0.122. The van der Waals surface area contributed by atoms with Crippen LogP contribution in [-0.4, -0.2) is 27.2 Å². The Balaban J connectivity index is 2.47. The molecule has 0 aliphatic carbocycles. The number of fused-ring (bicyclic) bond motifs is 1. The number of phenols is 1. The molecule has 0 unspecified atom stereocenters. The smallest absolute Gasteiger partial charge is 0.326 e. The summed E-state index contributed by atoms with van der Waals surface area (Å²) in [5.41, 5.74) is 1.28. The van der Waals surface area contributed by atoms with Gasteiger partial charge in [-0.1, -0.05) is 13.0 Å². The maximum absolute atomic E-state index is 11.6. The van der Waals surface area contributed by atoms with E-state index < -0.39 is 0 Å². The lowest BCUT2D eigenvalue weighted by atomic mass is 10.3. The molecule has 5 nitrogen and oxygen atoms in total. The summed E-state index contributed by atoms with van der Waals surface area (Å²) in [6.45, 7) is 4.21. The fraction of sp³-hybridized carbons (Fsp3) is 0.385. The number of ether oxygens (including phenoxy) is 1. The van der Waals surface area contributed by atoms with E-state index in [0.29, 0.717) is 18.5 Å². The van der Waals surface area contributed by atoms with Crippen molar-refractivity contribution in [3.8, 4) is 5.75 Å². The molecule has 18 heavy (non-hydrogen) atoms. The van der Waals surface area contributed by atoms with Crippen LogP contribution in [0.2, 0.25) is 0 Å². The molecule has 1 N–H and O–H groups in total. The van der Waals surface area contributed by atoms with Gasteiger partial charge in [0.1, 0.15) is 23.6 Å². The molecule has 1 heterocycles. The second kappa shape index (κ2) is 5.08. The first-order valence-corrected chi connectivity index (χ1v) is 6.00. The Hall–Kier alpha value is -2.04. The van der Waals surface area contributed by atoms with Crippen molar-refractivity contribution in [3.63, 3.8) is 0 Å². The Labute approximate surface area is 105 Å². The monoisotopic (exact) mass is 248 g/mol. The molecule has 96 valence electrons. The molecule has 0 saturated heterocycles. The van der Waals surface area contributed by atoms with Crippen molar-refractivity contribution in [1.29, 1.82) is 0 Å². The summed E-state index contributed by atoms with van der Waals surface area (Å²) in [5, 5.41) is 9.75. The highest BCUT2D eigenvalue weighted by Crippen LogP contribution is 2.25. The van der Waals surface area contributed by atoms with Crippen molar-refractivity contribution in [3.05, 3.63) is 24.0 Å². The number of nitrogens with zero attached hydrogens (tertiary/aromatic N) is 2. The second-order valence-corrected chi connectivity index (χ2v) is 3.92. The fourth-order valence-corrected chi connectivity index (χ4v) is 1.96. The van der Waals surface area contributed by atoms with Crippen molar-refractivity contribution in [2.24, 2.45) is 0 Å². The highest BCUT2D eigenvalue weighted by atomic mass is 16.5. The molecule has 5 heteroatoms. The molecular formula is C13H16N2O3. The SMILES string of the molecule is CCOC(=O)Cn1c(CC)nc2c(O)cccc21. The molecule has 0 spiro atoms. The summed E-state index contributed by atoms with van der Waals surface area (Å²) < 4.78 is 6.73. The van der Waals surface area contributed by atoms with Crippen LogP contribution in [0.1, 0.15) is 19.7 Å². The van der Waals surface area contributed by atoms with E-state index in [1.54, 1.807) is 23.6 Å². The number of carbonyl (C=O) groups is 1. The third-order valence-corrected chi connectivity index (χ3v) is 2.75. The van der Waals surface area contributed by atoms with Crippen LogP contribution >= 0.6 is 0 Å². The number of aryl methyl sites for hydroxylation is 1. The fourth-order valence-electron chi connectivity index (χ4n) is 1.96. The average molecular weight is 248 g/mol. The number of aromatic nitrogens is 2. The highest BCUT2D eigenvalue weighted by molar-refractivity contribution is 5.83. The van der Waals surface area contributed by atoms with E-state index in [2.05, 4.69) is 4.98 Å². The number of hydrogen-bond acceptors (Lipinski definition) is 4. The molecule has 0 aliphatic rings. The van der Waals surface area contributed by atoms with Crippen LogP contribution in [0.4, 0.5) is 0 Å². The maximum Gasteiger partial charge on any atom is 0.326 e. The zero-order valence-corrected chi connectivity index (χ0v) is 10.5. The number of carbonyl (C=O) groups excluding carboxylic acids is 1. The van der Waals surface area contributed by atoms with Gasteiger partial charge >= 0.3 is 5.97 Å². The van der Waals surface area contributed by atoms with E-state index in [4.69, 9.17) is 4.74 Å². The summed E-state index contributed by atoms with van der Waals surface area (Å²) in [5.74, 6) is 0.596. The van der Waals surface area contributed by atoms with Crippen molar-refractivity contribution >= 4 is 17.0 Å². The number of phenolic OH excluding ortho intramolecular Hbond substituents is 1. The number of para-hydroxylation sites is 1. The van der Waals surface area contributed by atoms with Crippen LogP contribution in [0.5, 0.6) is 5.75 Å². The minimum atomic E-state index is -0.296. The number of hydrogen-bond donors (Lipinski definition) is 1. The van der Waals surface area contributed by atoms with Crippen molar-refractivity contribution < 1.29 is 14.6 Å². The summed E-state index contributed by atoms with van der Waals surface area (Å²) in [6, 6.07) is 5.16. The Morgan fingerprint density at radius 2 is 2.22 bits per heavy atom. The van der Waals surface area contributed by atoms with Gasteiger partial charge < -0.3 is 14.4 Å². The molecule has 0 radical (unpaired) electrons. The maximum atomic E-state index is 11.6. The standard InChI is InChI=1S/C13H16N2O3/c1-3-11-14-13-9(6-5-7-10(13)16)15(11)8-12(17)18-4-2/h5-7,16H,3-4,8H2,1-2H3. The summed E-state index contributed by atoms with van der Waals surface area (Å²) >= 11 is 0. The Morgan fingerprint density at radius 1 is 1.44 bits per heavy atom. The largest absolute Gasteiger partial charge is 0.506 e. The molecule has 1 aromatic heterocycles. The molecular weight excluding hydrogens is 232 g/mol. The van der Waals surface area contributed by atoms with Gasteiger partial charge in [0.05, 0.1) is 12.1 Å². The normalized spacial score (nSPS) is 10.8. The first-order chi connectivity index (χ1) is 8.67. The van der Waals surface area contributed by atoms with E-state index in [0.717, 1.165) is 11.3 Å². The topological polar surface area (TPSA) is 64.4 Å². The van der Waals surface area contributed by atoms with Gasteiger partial charge in [0.25, 0.3) is 0 Å². The van der Waals surface area contributed by atoms with Gasteiger partial charge in [0.2, 0.25) is 0 Å². The lowest BCUT2D eigenvalue weighted by Crippen LogP contribution is -2.15. The predicted molar refractivity (Wildman–Crippen MR) is 67.4 cm³/mol. The quantitative estimate of drug-likeness (QED) is 0.839. The number of aromatic hydroxyl groups is 1. The molecule has 2 rings (SSSR count). The van der Waals surface area contributed by atoms with Crippen molar-refractivity contribution in [2.75, 3.05) is 6.61 Å². The van der Waals surface area contributed by atoms with Gasteiger partial charge in [0, 0.05) is 6.42 Å². The molecule has 2 aromatic rings. The van der Waals surface area contributed by atoms with Crippen LogP contribution in [0, 0.1) is 0 Å². The Morgan fingerprint density at radius 3 is 2.89 bits per heavy atom. The van der Waals surface area contributed by atoms with Gasteiger partial charge in [-0.25, -0.2) is 4.98 Å². The molecule has 0 bridgehead atoms. The number of esters is 1.